The Labute approximate surface area is 136 Å². The van der Waals surface area contributed by atoms with E-state index in [1.807, 2.05) is 13.0 Å². The molecule has 0 unspecified atom stereocenters. The Bertz CT molecular complexity index is 919. The molecule has 114 valence electrons. The Morgan fingerprint density at radius 3 is 2.04 bits per heavy atom. The number of rotatable bonds is 1. The van der Waals surface area contributed by atoms with Crippen LogP contribution in [-0.4, -0.2) is 0 Å². The molecule has 0 aromatic heterocycles. The van der Waals surface area contributed by atoms with Gasteiger partial charge in [0.15, 0.2) is 0 Å². The third kappa shape index (κ3) is 1.89. The van der Waals surface area contributed by atoms with E-state index in [2.05, 4.69) is 56.3 Å². The van der Waals surface area contributed by atoms with Crippen LogP contribution in [0.3, 0.4) is 0 Å². The Hall–Kier alpha value is -2.41. The minimum Gasteiger partial charge on any atom is -0.207 e. The number of benzene rings is 3. The average molecular weight is 302 g/mol. The second-order valence-corrected chi connectivity index (χ2v) is 6.81. The summed E-state index contributed by atoms with van der Waals surface area (Å²) in [4.78, 5) is 0. The minimum absolute atomic E-state index is 0.0821. The van der Waals surface area contributed by atoms with Gasteiger partial charge >= 0.3 is 0 Å². The molecular weight excluding hydrogens is 283 g/mol. The molecule has 1 aliphatic rings. The summed E-state index contributed by atoms with van der Waals surface area (Å²) >= 11 is 0. The highest BCUT2D eigenvalue weighted by Gasteiger charge is 2.37. The van der Waals surface area contributed by atoms with Crippen LogP contribution >= 0.6 is 0 Å². The first-order valence-corrected chi connectivity index (χ1v) is 8.00. The van der Waals surface area contributed by atoms with Gasteiger partial charge in [-0.15, -0.1) is 0 Å². The fourth-order valence-electron chi connectivity index (χ4n) is 3.97. The molecule has 0 amide bonds. The van der Waals surface area contributed by atoms with Crippen LogP contribution in [0.25, 0.3) is 22.3 Å². The molecule has 23 heavy (non-hydrogen) atoms. The molecule has 0 atom stereocenters. The first kappa shape index (κ1) is 14.2. The Balaban J connectivity index is 2.07. The maximum atomic E-state index is 14.1. The molecule has 3 aromatic carbocycles. The van der Waals surface area contributed by atoms with Crippen LogP contribution < -0.4 is 0 Å². The van der Waals surface area contributed by atoms with Gasteiger partial charge in [-0.1, -0.05) is 68.4 Å². The van der Waals surface area contributed by atoms with Crippen molar-refractivity contribution in [3.8, 4) is 22.3 Å². The van der Waals surface area contributed by atoms with Gasteiger partial charge in [-0.25, -0.2) is 4.39 Å². The van der Waals surface area contributed by atoms with Gasteiger partial charge in [0.25, 0.3) is 0 Å². The molecule has 1 aliphatic carbocycles. The second-order valence-electron chi connectivity index (χ2n) is 6.81. The van der Waals surface area contributed by atoms with E-state index in [-0.39, 0.29) is 11.2 Å². The summed E-state index contributed by atoms with van der Waals surface area (Å²) in [5, 5.41) is 0. The SMILES string of the molecule is Cc1c(F)cccc1-c1cccc2c1C(C)(C)c1ccccc1-2. The van der Waals surface area contributed by atoms with Crippen molar-refractivity contribution in [1.29, 1.82) is 0 Å². The van der Waals surface area contributed by atoms with Gasteiger partial charge in [0.1, 0.15) is 5.82 Å². The lowest BCUT2D eigenvalue weighted by Gasteiger charge is -2.25. The minimum atomic E-state index is -0.145. The Kier molecular flexibility index (Phi) is 2.96. The summed E-state index contributed by atoms with van der Waals surface area (Å²) in [7, 11) is 0. The summed E-state index contributed by atoms with van der Waals surface area (Å²) in [5.74, 6) is -0.145. The molecule has 0 heterocycles. The van der Waals surface area contributed by atoms with Crippen LogP contribution in [0.5, 0.6) is 0 Å². The zero-order valence-electron chi connectivity index (χ0n) is 13.7. The Morgan fingerprint density at radius 1 is 0.696 bits per heavy atom. The van der Waals surface area contributed by atoms with Crippen molar-refractivity contribution in [2.75, 3.05) is 0 Å². The number of fused-ring (bicyclic) bond motifs is 3. The van der Waals surface area contributed by atoms with Crippen LogP contribution in [-0.2, 0) is 5.41 Å². The summed E-state index contributed by atoms with van der Waals surface area (Å²) < 4.78 is 14.1. The predicted molar refractivity (Wildman–Crippen MR) is 94.1 cm³/mol. The second kappa shape index (κ2) is 4.79. The molecule has 0 N–H and O–H groups in total. The van der Waals surface area contributed by atoms with Crippen molar-refractivity contribution < 1.29 is 4.39 Å². The van der Waals surface area contributed by atoms with Gasteiger partial charge in [0, 0.05) is 5.41 Å². The van der Waals surface area contributed by atoms with E-state index in [1.54, 1.807) is 6.07 Å². The van der Waals surface area contributed by atoms with Crippen molar-refractivity contribution in [2.24, 2.45) is 0 Å². The number of halogens is 1. The maximum absolute atomic E-state index is 14.1. The highest BCUT2D eigenvalue weighted by atomic mass is 19.1. The van der Waals surface area contributed by atoms with Crippen LogP contribution in [0.15, 0.2) is 60.7 Å². The first-order chi connectivity index (χ1) is 11.0. The topological polar surface area (TPSA) is 0 Å². The van der Waals surface area contributed by atoms with Gasteiger partial charge in [0.05, 0.1) is 0 Å². The molecule has 0 saturated carbocycles. The lowest BCUT2D eigenvalue weighted by Crippen LogP contribution is -2.16. The Morgan fingerprint density at radius 2 is 1.26 bits per heavy atom. The van der Waals surface area contributed by atoms with Crippen molar-refractivity contribution in [3.05, 3.63) is 83.2 Å². The highest BCUT2D eigenvalue weighted by molar-refractivity contribution is 5.88. The van der Waals surface area contributed by atoms with E-state index in [0.29, 0.717) is 5.56 Å². The molecule has 0 nitrogen and oxygen atoms in total. The molecule has 0 fully saturated rings. The molecule has 0 aliphatic heterocycles. The van der Waals surface area contributed by atoms with E-state index in [0.717, 1.165) is 11.1 Å². The van der Waals surface area contributed by atoms with E-state index < -0.39 is 0 Å². The van der Waals surface area contributed by atoms with Crippen molar-refractivity contribution in [1.82, 2.24) is 0 Å². The zero-order valence-corrected chi connectivity index (χ0v) is 13.7. The van der Waals surface area contributed by atoms with Gasteiger partial charge in [-0.3, -0.25) is 0 Å². The number of hydrogen-bond donors (Lipinski definition) is 0. The molecule has 0 saturated heterocycles. The van der Waals surface area contributed by atoms with Crippen LogP contribution in [0, 0.1) is 12.7 Å². The first-order valence-electron chi connectivity index (χ1n) is 8.00. The van der Waals surface area contributed by atoms with Gasteiger partial charge in [-0.2, -0.15) is 0 Å². The van der Waals surface area contributed by atoms with E-state index in [9.17, 15) is 4.39 Å². The molecule has 1 heteroatoms. The van der Waals surface area contributed by atoms with Crippen LogP contribution in [0.1, 0.15) is 30.5 Å². The van der Waals surface area contributed by atoms with Crippen molar-refractivity contribution in [2.45, 2.75) is 26.2 Å². The largest absolute Gasteiger partial charge is 0.207 e. The molecule has 0 radical (unpaired) electrons. The van der Waals surface area contributed by atoms with Crippen molar-refractivity contribution >= 4 is 0 Å². The average Bonchev–Trinajstić information content (AvgIpc) is 2.79. The highest BCUT2D eigenvalue weighted by Crippen LogP contribution is 2.52. The van der Waals surface area contributed by atoms with Crippen molar-refractivity contribution in [3.63, 3.8) is 0 Å². The number of hydrogen-bond acceptors (Lipinski definition) is 0. The monoisotopic (exact) mass is 302 g/mol. The van der Waals surface area contributed by atoms with Crippen LogP contribution in [0.4, 0.5) is 4.39 Å². The van der Waals surface area contributed by atoms with Gasteiger partial charge in [-0.05, 0) is 51.9 Å². The predicted octanol–water partition coefficient (Wildman–Crippen LogP) is 6.11. The lowest BCUT2D eigenvalue weighted by molar-refractivity contribution is 0.619. The zero-order chi connectivity index (χ0) is 16.2. The quantitative estimate of drug-likeness (QED) is 0.509. The van der Waals surface area contributed by atoms with Gasteiger partial charge < -0.3 is 0 Å². The maximum Gasteiger partial charge on any atom is 0.126 e. The van der Waals surface area contributed by atoms with E-state index >= 15 is 0 Å². The third-order valence-corrected chi connectivity index (χ3v) is 5.14. The lowest BCUT2D eigenvalue weighted by atomic mass is 9.78. The normalized spacial score (nSPS) is 14.4. The third-order valence-electron chi connectivity index (χ3n) is 5.14. The summed E-state index contributed by atoms with van der Waals surface area (Å²) in [6.07, 6.45) is 0. The molecule has 4 rings (SSSR count). The summed E-state index contributed by atoms with van der Waals surface area (Å²) in [6, 6.07) is 20.3. The fraction of sp³-hybridized carbons (Fsp3) is 0.182. The molecular formula is C22H19F. The van der Waals surface area contributed by atoms with E-state index in [1.165, 1.54) is 28.3 Å². The summed E-state index contributed by atoms with van der Waals surface area (Å²) in [5.41, 5.74) is 7.97. The smallest absolute Gasteiger partial charge is 0.126 e. The standard InChI is InChI=1S/C22H19F/c1-14-15(9-7-13-20(14)23)17-10-6-11-18-16-8-4-5-12-19(16)22(2,3)21(17)18/h4-13H,1-3H3. The fourth-order valence-corrected chi connectivity index (χ4v) is 3.97. The van der Waals surface area contributed by atoms with Gasteiger partial charge in [0.2, 0.25) is 0 Å². The molecule has 0 bridgehead atoms. The van der Waals surface area contributed by atoms with Crippen LogP contribution in [0.2, 0.25) is 0 Å². The molecule has 3 aromatic rings. The molecule has 0 spiro atoms. The van der Waals surface area contributed by atoms with E-state index in [4.69, 9.17) is 0 Å². The summed E-state index contributed by atoms with van der Waals surface area (Å²) in [6.45, 7) is 6.38.